The fourth-order valence-electron chi connectivity index (χ4n) is 2.74. The van der Waals surface area contributed by atoms with Gasteiger partial charge in [0.15, 0.2) is 0 Å². The van der Waals surface area contributed by atoms with Gasteiger partial charge in [-0.25, -0.2) is 13.2 Å². The van der Waals surface area contributed by atoms with Gasteiger partial charge in [0.1, 0.15) is 34.3 Å². The SMILES string of the molecule is Cc1cc(OCc2ccc(F)cc2F)c(Br)c(=O)n1-c1cc(CN)ccc1F.Cl. The molecule has 0 bridgehead atoms. The molecule has 0 fully saturated rings. The first-order chi connectivity index (χ1) is 13.3. The van der Waals surface area contributed by atoms with Gasteiger partial charge in [0.25, 0.3) is 5.56 Å². The first-order valence-electron chi connectivity index (χ1n) is 8.29. The van der Waals surface area contributed by atoms with Crippen molar-refractivity contribution in [2.24, 2.45) is 5.73 Å². The molecule has 4 nitrogen and oxygen atoms in total. The van der Waals surface area contributed by atoms with E-state index in [-0.39, 0.29) is 47.0 Å². The maximum Gasteiger partial charge on any atom is 0.273 e. The lowest BCUT2D eigenvalue weighted by Gasteiger charge is -2.16. The van der Waals surface area contributed by atoms with Crippen molar-refractivity contribution in [2.45, 2.75) is 20.1 Å². The molecule has 29 heavy (non-hydrogen) atoms. The normalized spacial score (nSPS) is 10.6. The molecule has 0 spiro atoms. The fourth-order valence-corrected chi connectivity index (χ4v) is 3.14. The summed E-state index contributed by atoms with van der Waals surface area (Å²) in [5, 5.41) is 0. The first-order valence-corrected chi connectivity index (χ1v) is 9.09. The molecule has 2 aromatic carbocycles. The molecule has 1 aromatic heterocycles. The summed E-state index contributed by atoms with van der Waals surface area (Å²) in [5.41, 5.74) is 6.35. The molecule has 0 radical (unpaired) electrons. The Balaban J connectivity index is 0.00000300. The molecule has 0 amide bonds. The summed E-state index contributed by atoms with van der Waals surface area (Å²) in [6.45, 7) is 1.62. The second-order valence-corrected chi connectivity index (χ2v) is 6.91. The fraction of sp³-hybridized carbons (Fsp3) is 0.150. The van der Waals surface area contributed by atoms with E-state index in [1.165, 1.54) is 28.8 Å². The first kappa shape index (κ1) is 23.0. The largest absolute Gasteiger partial charge is 0.487 e. The minimum absolute atomic E-state index is 0. The highest BCUT2D eigenvalue weighted by Crippen LogP contribution is 2.26. The average molecular weight is 490 g/mol. The molecule has 1 heterocycles. The number of rotatable bonds is 5. The van der Waals surface area contributed by atoms with Gasteiger partial charge in [-0.3, -0.25) is 9.36 Å². The van der Waals surface area contributed by atoms with Gasteiger partial charge in [-0.1, -0.05) is 6.07 Å². The van der Waals surface area contributed by atoms with E-state index < -0.39 is 23.0 Å². The van der Waals surface area contributed by atoms with Crippen LogP contribution in [0.25, 0.3) is 5.69 Å². The zero-order valence-corrected chi connectivity index (χ0v) is 17.6. The van der Waals surface area contributed by atoms with Gasteiger partial charge < -0.3 is 10.5 Å². The second-order valence-electron chi connectivity index (χ2n) is 6.12. The molecule has 0 saturated carbocycles. The van der Waals surface area contributed by atoms with Crippen molar-refractivity contribution in [3.05, 3.63) is 91.6 Å². The summed E-state index contributed by atoms with van der Waals surface area (Å²) in [7, 11) is 0. The molecule has 0 aliphatic carbocycles. The van der Waals surface area contributed by atoms with E-state index in [2.05, 4.69) is 15.9 Å². The number of aromatic nitrogens is 1. The minimum atomic E-state index is -0.748. The Hall–Kier alpha value is -2.29. The van der Waals surface area contributed by atoms with Crippen LogP contribution in [-0.4, -0.2) is 4.57 Å². The smallest absolute Gasteiger partial charge is 0.273 e. The number of benzene rings is 2. The van der Waals surface area contributed by atoms with Crippen LogP contribution in [0.2, 0.25) is 0 Å². The third kappa shape index (κ3) is 4.83. The lowest BCUT2D eigenvalue weighted by Crippen LogP contribution is -2.23. The highest BCUT2D eigenvalue weighted by Gasteiger charge is 2.17. The molecule has 3 aromatic rings. The van der Waals surface area contributed by atoms with E-state index in [9.17, 15) is 18.0 Å². The molecule has 0 unspecified atom stereocenters. The van der Waals surface area contributed by atoms with E-state index in [1.54, 1.807) is 13.0 Å². The van der Waals surface area contributed by atoms with Gasteiger partial charge in [0.2, 0.25) is 0 Å². The van der Waals surface area contributed by atoms with Gasteiger partial charge >= 0.3 is 0 Å². The number of halogens is 5. The van der Waals surface area contributed by atoms with Crippen molar-refractivity contribution < 1.29 is 17.9 Å². The lowest BCUT2D eigenvalue weighted by atomic mass is 10.1. The number of ether oxygens (including phenoxy) is 1. The second kappa shape index (κ2) is 9.47. The van der Waals surface area contributed by atoms with Crippen LogP contribution in [0.15, 0.2) is 51.7 Å². The van der Waals surface area contributed by atoms with Crippen molar-refractivity contribution in [1.82, 2.24) is 4.57 Å². The average Bonchev–Trinajstić information content (AvgIpc) is 2.66. The van der Waals surface area contributed by atoms with Gasteiger partial charge in [-0.05, 0) is 52.7 Å². The Labute approximate surface area is 179 Å². The molecular weight excluding hydrogens is 473 g/mol. The highest BCUT2D eigenvalue weighted by atomic mass is 79.9. The Morgan fingerprint density at radius 3 is 2.45 bits per heavy atom. The van der Waals surface area contributed by atoms with Crippen LogP contribution in [0, 0.1) is 24.4 Å². The monoisotopic (exact) mass is 488 g/mol. The molecule has 2 N–H and O–H groups in total. The highest BCUT2D eigenvalue weighted by molar-refractivity contribution is 9.10. The Morgan fingerprint density at radius 2 is 1.79 bits per heavy atom. The summed E-state index contributed by atoms with van der Waals surface area (Å²) in [5.74, 6) is -1.85. The number of nitrogens with two attached hydrogens (primary N) is 1. The summed E-state index contributed by atoms with van der Waals surface area (Å²) < 4.78 is 47.9. The zero-order chi connectivity index (χ0) is 20.4. The number of pyridine rings is 1. The Bertz CT molecular complexity index is 1110. The maximum absolute atomic E-state index is 14.3. The van der Waals surface area contributed by atoms with Gasteiger partial charge in [-0.15, -0.1) is 12.4 Å². The van der Waals surface area contributed by atoms with Gasteiger partial charge in [0.05, 0.1) is 5.69 Å². The topological polar surface area (TPSA) is 57.2 Å². The third-order valence-corrected chi connectivity index (χ3v) is 4.92. The number of hydrogen-bond acceptors (Lipinski definition) is 3. The minimum Gasteiger partial charge on any atom is -0.487 e. The molecule has 0 saturated heterocycles. The van der Waals surface area contributed by atoms with E-state index in [4.69, 9.17) is 10.5 Å². The molecule has 154 valence electrons. The van der Waals surface area contributed by atoms with Crippen molar-refractivity contribution in [2.75, 3.05) is 0 Å². The third-order valence-electron chi connectivity index (χ3n) is 4.19. The van der Waals surface area contributed by atoms with Crippen LogP contribution in [0.4, 0.5) is 13.2 Å². The lowest BCUT2D eigenvalue weighted by molar-refractivity contribution is 0.296. The standard InChI is InChI=1S/C20H16BrF3N2O2.ClH/c1-11-6-18(28-10-13-3-4-14(22)8-16(13)24)19(21)20(27)26(11)17-7-12(9-25)2-5-15(17)23;/h2-8H,9-10,25H2,1H3;1H. The van der Waals surface area contributed by atoms with Crippen LogP contribution >= 0.6 is 28.3 Å². The van der Waals surface area contributed by atoms with Crippen LogP contribution in [-0.2, 0) is 13.2 Å². The molecule has 0 aliphatic rings. The van der Waals surface area contributed by atoms with E-state index in [1.807, 2.05) is 0 Å². The Morgan fingerprint density at radius 1 is 1.07 bits per heavy atom. The molecule has 3 rings (SSSR count). The van der Waals surface area contributed by atoms with Gasteiger partial charge in [0, 0.05) is 29.9 Å². The quantitative estimate of drug-likeness (QED) is 0.561. The van der Waals surface area contributed by atoms with Crippen molar-refractivity contribution >= 4 is 28.3 Å². The molecule has 0 atom stereocenters. The summed E-state index contributed by atoms with van der Waals surface area (Å²) in [6.07, 6.45) is 0. The van der Waals surface area contributed by atoms with Crippen molar-refractivity contribution in [3.8, 4) is 11.4 Å². The van der Waals surface area contributed by atoms with Crippen molar-refractivity contribution in [1.29, 1.82) is 0 Å². The van der Waals surface area contributed by atoms with Crippen LogP contribution in [0.1, 0.15) is 16.8 Å². The summed E-state index contributed by atoms with van der Waals surface area (Å²) in [4.78, 5) is 12.8. The van der Waals surface area contributed by atoms with E-state index in [0.29, 0.717) is 11.3 Å². The molecular formula is C20H17BrClF3N2O2. The molecule has 0 aliphatic heterocycles. The Kier molecular flexibility index (Phi) is 7.51. The van der Waals surface area contributed by atoms with Crippen LogP contribution in [0.5, 0.6) is 5.75 Å². The number of hydrogen-bond donors (Lipinski definition) is 1. The van der Waals surface area contributed by atoms with Crippen LogP contribution in [0.3, 0.4) is 0 Å². The van der Waals surface area contributed by atoms with E-state index >= 15 is 0 Å². The summed E-state index contributed by atoms with van der Waals surface area (Å²) in [6, 6.07) is 8.96. The van der Waals surface area contributed by atoms with Gasteiger partial charge in [-0.2, -0.15) is 0 Å². The zero-order valence-electron chi connectivity index (χ0n) is 15.2. The van der Waals surface area contributed by atoms with Crippen LogP contribution < -0.4 is 16.0 Å². The maximum atomic E-state index is 14.3. The molecule has 9 heteroatoms. The predicted octanol–water partition coefficient (Wildman–Crippen LogP) is 4.79. The van der Waals surface area contributed by atoms with E-state index in [0.717, 1.165) is 12.1 Å². The number of nitrogens with zero attached hydrogens (tertiary/aromatic N) is 1. The predicted molar refractivity (Wildman–Crippen MR) is 110 cm³/mol. The summed E-state index contributed by atoms with van der Waals surface area (Å²) >= 11 is 3.17. The van der Waals surface area contributed by atoms with Crippen molar-refractivity contribution in [3.63, 3.8) is 0 Å². The number of aryl methyl sites for hydroxylation is 1.